The topological polar surface area (TPSA) is 60.3 Å². The largest absolute Gasteiger partial charge is 3.00 e. The van der Waals surface area contributed by atoms with Crippen LogP contribution in [0, 0.1) is 0 Å². The summed E-state index contributed by atoms with van der Waals surface area (Å²) in [5.41, 5.74) is 0. The van der Waals surface area contributed by atoms with Gasteiger partial charge in [0.2, 0.25) is 0 Å². The van der Waals surface area contributed by atoms with Crippen LogP contribution < -0.4 is 0 Å². The van der Waals surface area contributed by atoms with Crippen molar-refractivity contribution in [3.8, 4) is 0 Å². The van der Waals surface area contributed by atoms with E-state index in [2.05, 4.69) is 5.32 Å². The summed E-state index contributed by atoms with van der Waals surface area (Å²) in [6.07, 6.45) is 0. The summed E-state index contributed by atoms with van der Waals surface area (Å²) in [7, 11) is 0. The molecule has 1 aliphatic rings. The zero-order chi connectivity index (χ0) is 12.7. The summed E-state index contributed by atoms with van der Waals surface area (Å²) in [6.45, 7) is 7.49. The molecule has 1 aliphatic heterocycles. The van der Waals surface area contributed by atoms with Crippen LogP contribution >= 0.6 is 0 Å². The summed E-state index contributed by atoms with van der Waals surface area (Å²) in [6, 6.07) is 0. The first kappa shape index (κ1) is 19.9. The molecule has 0 amide bonds. The maximum absolute atomic E-state index is 5.36. The Morgan fingerprint density at radius 3 is 1.00 bits per heavy atom. The van der Waals surface area contributed by atoms with E-state index in [9.17, 15) is 0 Å². The van der Waals surface area contributed by atoms with Crippen molar-refractivity contribution >= 4 is 0 Å². The number of rotatable bonds is 0. The first-order valence-corrected chi connectivity index (χ1v) is 6.52. The quantitative estimate of drug-likeness (QED) is 0.635. The predicted octanol–water partition coefficient (Wildman–Crippen LogP) is 0.454. The van der Waals surface area contributed by atoms with Gasteiger partial charge in [0.15, 0.2) is 0 Å². The molecule has 1 fully saturated rings. The Labute approximate surface area is 140 Å². The maximum Gasteiger partial charge on any atom is 3.00 e. The van der Waals surface area contributed by atoms with Crippen molar-refractivity contribution in [2.45, 2.75) is 0 Å². The van der Waals surface area contributed by atoms with Gasteiger partial charge < -0.3 is 29.0 Å². The smallest absolute Gasteiger partial charge is 0.659 e. The van der Waals surface area contributed by atoms with E-state index in [1.165, 1.54) is 0 Å². The van der Waals surface area contributed by atoms with Crippen LogP contribution in [-0.2, 0) is 56.4 Å². The molecule has 0 radical (unpaired) electrons. The molecule has 108 valence electrons. The molecule has 0 bridgehead atoms. The third-order valence-electron chi connectivity index (χ3n) is 2.28. The normalized spacial score (nSPS) is 22.7. The van der Waals surface area contributed by atoms with Gasteiger partial charge >= 0.3 is 32.7 Å². The van der Waals surface area contributed by atoms with E-state index < -0.39 is 0 Å². The first-order valence-electron chi connectivity index (χ1n) is 6.52. The van der Waals surface area contributed by atoms with Crippen molar-refractivity contribution in [1.82, 2.24) is 0 Å². The van der Waals surface area contributed by atoms with Crippen molar-refractivity contribution < 1.29 is 56.4 Å². The second kappa shape index (κ2) is 16.9. The Balaban J connectivity index is 0.00000324. The van der Waals surface area contributed by atoms with Gasteiger partial charge in [-0.15, -0.1) is 13.1 Å². The molecule has 0 aliphatic carbocycles. The standard InChI is InChI=1S/C12H24NO5.Y/c1-3-14-5-7-16-9-11-18-12-10-17-8-6-15-4-2-13-1;/h1-12H2;/q-1;+3. The molecule has 19 heavy (non-hydrogen) atoms. The fourth-order valence-electron chi connectivity index (χ4n) is 1.35. The average Bonchev–Trinajstić information content (AvgIpc) is 2.39. The molecule has 0 saturated carbocycles. The predicted molar refractivity (Wildman–Crippen MR) is 67.2 cm³/mol. The molecular weight excluding hydrogens is 327 g/mol. The fraction of sp³-hybridized carbons (Fsp3) is 1.00. The molecular formula is C12H24NO5Y+2. The SMILES string of the molecule is C1COCCOCCOCCOCCOCC[N-]1.[Y+3]. The number of nitrogens with zero attached hydrogens (tertiary/aromatic N) is 1. The van der Waals surface area contributed by atoms with Crippen molar-refractivity contribution in [2.75, 3.05) is 79.2 Å². The second-order valence-corrected chi connectivity index (χ2v) is 3.73. The van der Waals surface area contributed by atoms with Gasteiger partial charge in [0.1, 0.15) is 0 Å². The molecule has 0 aromatic rings. The van der Waals surface area contributed by atoms with Crippen molar-refractivity contribution in [3.63, 3.8) is 0 Å². The van der Waals surface area contributed by atoms with Gasteiger partial charge in [-0.05, 0) is 0 Å². The van der Waals surface area contributed by atoms with Crippen LogP contribution in [-0.4, -0.2) is 79.2 Å². The zero-order valence-corrected chi connectivity index (χ0v) is 14.4. The third kappa shape index (κ3) is 15.1. The van der Waals surface area contributed by atoms with Gasteiger partial charge in [-0.2, -0.15) is 0 Å². The average molecular weight is 351 g/mol. The molecule has 6 nitrogen and oxygen atoms in total. The molecule has 1 rings (SSSR count). The van der Waals surface area contributed by atoms with Crippen LogP contribution in [0.1, 0.15) is 0 Å². The van der Waals surface area contributed by atoms with Gasteiger partial charge in [-0.1, -0.05) is 0 Å². The molecule has 7 heteroatoms. The van der Waals surface area contributed by atoms with E-state index >= 15 is 0 Å². The van der Waals surface area contributed by atoms with Crippen LogP contribution in [0.3, 0.4) is 0 Å². The summed E-state index contributed by atoms with van der Waals surface area (Å²) in [5.74, 6) is 0. The van der Waals surface area contributed by atoms with E-state index in [1.54, 1.807) is 0 Å². The number of hydrogen-bond donors (Lipinski definition) is 0. The number of ether oxygens (including phenoxy) is 5. The van der Waals surface area contributed by atoms with E-state index in [4.69, 9.17) is 23.7 Å². The van der Waals surface area contributed by atoms with Gasteiger partial charge in [-0.3, -0.25) is 0 Å². The minimum Gasteiger partial charge on any atom is -0.659 e. The number of hydrogen-bond acceptors (Lipinski definition) is 5. The second-order valence-electron chi connectivity index (χ2n) is 3.73. The van der Waals surface area contributed by atoms with E-state index in [0.717, 1.165) is 0 Å². The summed E-state index contributed by atoms with van der Waals surface area (Å²) in [5, 5.41) is 4.28. The van der Waals surface area contributed by atoms with Crippen LogP contribution in [0.4, 0.5) is 0 Å². The van der Waals surface area contributed by atoms with Crippen molar-refractivity contribution in [3.05, 3.63) is 5.32 Å². The monoisotopic (exact) mass is 351 g/mol. The van der Waals surface area contributed by atoms with Crippen molar-refractivity contribution in [1.29, 1.82) is 0 Å². The summed E-state index contributed by atoms with van der Waals surface area (Å²) < 4.78 is 26.7. The summed E-state index contributed by atoms with van der Waals surface area (Å²) in [4.78, 5) is 0. The third-order valence-corrected chi connectivity index (χ3v) is 2.28. The van der Waals surface area contributed by atoms with Crippen molar-refractivity contribution in [2.24, 2.45) is 0 Å². The van der Waals surface area contributed by atoms with Gasteiger partial charge in [0.25, 0.3) is 0 Å². The fourth-order valence-corrected chi connectivity index (χ4v) is 1.35. The van der Waals surface area contributed by atoms with Gasteiger partial charge in [0, 0.05) is 13.2 Å². The molecule has 0 aromatic carbocycles. The molecule has 1 saturated heterocycles. The van der Waals surface area contributed by atoms with Crippen LogP contribution in [0.15, 0.2) is 0 Å². The van der Waals surface area contributed by atoms with E-state index in [-0.39, 0.29) is 32.7 Å². The Bertz CT molecular complexity index is 101. The first-order chi connectivity index (χ1) is 9.00. The van der Waals surface area contributed by atoms with Gasteiger partial charge in [0.05, 0.1) is 52.9 Å². The molecule has 0 spiro atoms. The molecule has 0 aromatic heterocycles. The molecule has 0 atom stereocenters. The zero-order valence-electron chi connectivity index (χ0n) is 11.6. The molecule has 0 unspecified atom stereocenters. The van der Waals surface area contributed by atoms with E-state index in [0.29, 0.717) is 79.2 Å². The molecule has 1 heterocycles. The van der Waals surface area contributed by atoms with Crippen LogP contribution in [0.25, 0.3) is 5.32 Å². The van der Waals surface area contributed by atoms with Gasteiger partial charge in [-0.25, -0.2) is 0 Å². The molecule has 0 N–H and O–H groups in total. The Morgan fingerprint density at radius 2 is 0.684 bits per heavy atom. The Morgan fingerprint density at radius 1 is 0.421 bits per heavy atom. The summed E-state index contributed by atoms with van der Waals surface area (Å²) >= 11 is 0. The van der Waals surface area contributed by atoms with Crippen LogP contribution in [0.5, 0.6) is 0 Å². The maximum atomic E-state index is 5.36. The Hall–Kier alpha value is 0.864. The van der Waals surface area contributed by atoms with E-state index in [1.807, 2.05) is 0 Å². The minimum absolute atomic E-state index is 0. The van der Waals surface area contributed by atoms with Crippen LogP contribution in [0.2, 0.25) is 0 Å². The minimum atomic E-state index is 0. The Kier molecular flexibility index (Phi) is 17.7.